The number of hydrogen-bond donors (Lipinski definition) is 2. The molecule has 1 aromatic carbocycles. The molecule has 0 radical (unpaired) electrons. The Morgan fingerprint density at radius 3 is 2.21 bits per heavy atom. The Morgan fingerprint density at radius 2 is 1.79 bits per heavy atom. The average molecular weight is 267 g/mol. The van der Waals surface area contributed by atoms with Gasteiger partial charge < -0.3 is 20.3 Å². The number of carbonyl (C=O) groups is 2. The maximum Gasteiger partial charge on any atom is 0.328 e. The van der Waals surface area contributed by atoms with Crippen molar-refractivity contribution in [1.82, 2.24) is 0 Å². The van der Waals surface area contributed by atoms with Gasteiger partial charge in [0.2, 0.25) is 0 Å². The van der Waals surface area contributed by atoms with E-state index in [-0.39, 0.29) is 5.56 Å². The van der Waals surface area contributed by atoms with Crippen LogP contribution in [0.1, 0.15) is 21.5 Å². The lowest BCUT2D eigenvalue weighted by Crippen LogP contribution is -2.38. The van der Waals surface area contributed by atoms with Crippen molar-refractivity contribution in [2.45, 2.75) is 19.9 Å². The quantitative estimate of drug-likeness (QED) is 0.608. The maximum atomic E-state index is 12.1. The molecule has 0 fully saturated rings. The van der Waals surface area contributed by atoms with E-state index in [2.05, 4.69) is 0 Å². The Balaban J connectivity index is 3.46. The fraction of sp³-hybridized carbons (Fsp3) is 0.385. The standard InChI is InChI=1S/C13H17NO5/c1-6-7(2)12(19-4)8(5-9(6)18-3)11(15)10(14)13(16)17/h5,10H,14H2,1-4H3,(H,16,17). The van der Waals surface area contributed by atoms with Gasteiger partial charge in [-0.3, -0.25) is 9.59 Å². The van der Waals surface area contributed by atoms with Crippen molar-refractivity contribution in [2.24, 2.45) is 5.73 Å². The molecular weight excluding hydrogens is 250 g/mol. The van der Waals surface area contributed by atoms with E-state index in [4.69, 9.17) is 20.3 Å². The van der Waals surface area contributed by atoms with Gasteiger partial charge in [0, 0.05) is 0 Å². The summed E-state index contributed by atoms with van der Waals surface area (Å²) in [6.07, 6.45) is 0. The van der Waals surface area contributed by atoms with Gasteiger partial charge in [0.25, 0.3) is 0 Å². The number of nitrogens with two attached hydrogens (primary N) is 1. The van der Waals surface area contributed by atoms with Crippen molar-refractivity contribution in [3.8, 4) is 11.5 Å². The lowest BCUT2D eigenvalue weighted by Gasteiger charge is -2.17. The van der Waals surface area contributed by atoms with E-state index in [1.165, 1.54) is 20.3 Å². The van der Waals surface area contributed by atoms with Crippen LogP contribution in [-0.2, 0) is 4.79 Å². The Bertz CT molecular complexity index is 524. The van der Waals surface area contributed by atoms with Crippen LogP contribution in [0.5, 0.6) is 11.5 Å². The third-order valence-electron chi connectivity index (χ3n) is 3.03. The fourth-order valence-electron chi connectivity index (χ4n) is 1.80. The van der Waals surface area contributed by atoms with Crippen molar-refractivity contribution in [2.75, 3.05) is 14.2 Å². The summed E-state index contributed by atoms with van der Waals surface area (Å²) in [4.78, 5) is 22.9. The highest BCUT2D eigenvalue weighted by Gasteiger charge is 2.27. The van der Waals surface area contributed by atoms with Gasteiger partial charge in [-0.2, -0.15) is 0 Å². The first-order chi connectivity index (χ1) is 8.84. The normalized spacial score (nSPS) is 11.8. The molecule has 1 unspecified atom stereocenters. The van der Waals surface area contributed by atoms with Crippen LogP contribution in [0.15, 0.2) is 6.07 Å². The first kappa shape index (κ1) is 15.0. The molecule has 0 spiro atoms. The summed E-state index contributed by atoms with van der Waals surface area (Å²) in [6, 6.07) is -0.174. The molecule has 1 rings (SSSR count). The van der Waals surface area contributed by atoms with Gasteiger partial charge in [-0.15, -0.1) is 0 Å². The van der Waals surface area contributed by atoms with Gasteiger partial charge in [-0.25, -0.2) is 0 Å². The summed E-state index contributed by atoms with van der Waals surface area (Å²) in [7, 11) is 2.89. The molecule has 1 atom stereocenters. The topological polar surface area (TPSA) is 98.9 Å². The van der Waals surface area contributed by atoms with Crippen molar-refractivity contribution in [1.29, 1.82) is 0 Å². The van der Waals surface area contributed by atoms with Gasteiger partial charge in [-0.05, 0) is 31.0 Å². The molecule has 0 amide bonds. The molecule has 0 saturated carbocycles. The number of methoxy groups -OCH3 is 2. The molecule has 0 aliphatic carbocycles. The first-order valence-electron chi connectivity index (χ1n) is 5.59. The number of ketones is 1. The molecule has 19 heavy (non-hydrogen) atoms. The van der Waals surface area contributed by atoms with Crippen LogP contribution in [0.25, 0.3) is 0 Å². The molecule has 0 saturated heterocycles. The predicted octanol–water partition coefficient (Wildman–Crippen LogP) is 0.915. The van der Waals surface area contributed by atoms with Crippen LogP contribution in [0.2, 0.25) is 0 Å². The van der Waals surface area contributed by atoms with Crippen molar-refractivity contribution >= 4 is 11.8 Å². The monoisotopic (exact) mass is 267 g/mol. The number of carbonyl (C=O) groups excluding carboxylic acids is 1. The molecular formula is C13H17NO5. The van der Waals surface area contributed by atoms with Crippen LogP contribution < -0.4 is 15.2 Å². The Kier molecular flexibility index (Phi) is 4.50. The number of rotatable bonds is 5. The number of carboxylic acids is 1. The first-order valence-corrected chi connectivity index (χ1v) is 5.59. The highest BCUT2D eigenvalue weighted by atomic mass is 16.5. The molecule has 3 N–H and O–H groups in total. The summed E-state index contributed by atoms with van der Waals surface area (Å²) in [6.45, 7) is 3.59. The molecule has 0 heterocycles. The van der Waals surface area contributed by atoms with Crippen LogP contribution in [-0.4, -0.2) is 37.1 Å². The Morgan fingerprint density at radius 1 is 1.21 bits per heavy atom. The number of hydrogen-bond acceptors (Lipinski definition) is 5. The van der Waals surface area contributed by atoms with E-state index in [1.54, 1.807) is 6.92 Å². The third kappa shape index (κ3) is 2.68. The second-order valence-electron chi connectivity index (χ2n) is 4.09. The van der Waals surface area contributed by atoms with E-state index < -0.39 is 17.8 Å². The van der Waals surface area contributed by atoms with Gasteiger partial charge in [0.1, 0.15) is 11.5 Å². The Labute approximate surface area is 111 Å². The molecule has 0 bridgehead atoms. The summed E-state index contributed by atoms with van der Waals surface area (Å²) in [5, 5.41) is 8.81. The predicted molar refractivity (Wildman–Crippen MR) is 69.0 cm³/mol. The van der Waals surface area contributed by atoms with Gasteiger partial charge >= 0.3 is 5.97 Å². The van der Waals surface area contributed by atoms with E-state index in [0.29, 0.717) is 17.1 Å². The number of benzene rings is 1. The SMILES string of the molecule is COc1cc(C(=O)C(N)C(=O)O)c(OC)c(C)c1C. The number of aliphatic carboxylic acids is 1. The average Bonchev–Trinajstić information content (AvgIpc) is 2.39. The zero-order valence-electron chi connectivity index (χ0n) is 11.3. The summed E-state index contributed by atoms with van der Waals surface area (Å²) in [5.41, 5.74) is 6.99. The van der Waals surface area contributed by atoms with E-state index in [0.717, 1.165) is 5.56 Å². The van der Waals surface area contributed by atoms with Crippen LogP contribution >= 0.6 is 0 Å². The van der Waals surface area contributed by atoms with Gasteiger partial charge in [-0.1, -0.05) is 0 Å². The lowest BCUT2D eigenvalue weighted by atomic mass is 9.97. The Hall–Kier alpha value is -2.08. The summed E-state index contributed by atoms with van der Waals surface area (Å²) >= 11 is 0. The molecule has 0 aliphatic heterocycles. The maximum absolute atomic E-state index is 12.1. The number of Topliss-reactive ketones (excluding diaryl/α,β-unsaturated/α-hetero) is 1. The molecule has 6 heteroatoms. The number of carboxylic acid groups (broad SMARTS) is 1. The fourth-order valence-corrected chi connectivity index (χ4v) is 1.80. The van der Waals surface area contributed by atoms with Crippen molar-refractivity contribution in [3.63, 3.8) is 0 Å². The molecule has 6 nitrogen and oxygen atoms in total. The highest BCUT2D eigenvalue weighted by Crippen LogP contribution is 2.33. The lowest BCUT2D eigenvalue weighted by molar-refractivity contribution is -0.137. The molecule has 104 valence electrons. The molecule has 1 aromatic rings. The van der Waals surface area contributed by atoms with Crippen molar-refractivity contribution in [3.05, 3.63) is 22.8 Å². The second kappa shape index (κ2) is 5.71. The zero-order chi connectivity index (χ0) is 14.7. The zero-order valence-corrected chi connectivity index (χ0v) is 11.3. The highest BCUT2D eigenvalue weighted by molar-refractivity contribution is 6.13. The third-order valence-corrected chi connectivity index (χ3v) is 3.03. The summed E-state index contributed by atoms with van der Waals surface area (Å²) < 4.78 is 10.3. The van der Waals surface area contributed by atoms with Crippen LogP contribution in [0, 0.1) is 13.8 Å². The molecule has 0 aliphatic rings. The van der Waals surface area contributed by atoms with Crippen LogP contribution in [0.4, 0.5) is 0 Å². The number of ether oxygens (including phenoxy) is 2. The second-order valence-corrected chi connectivity index (χ2v) is 4.09. The van der Waals surface area contributed by atoms with Crippen molar-refractivity contribution < 1.29 is 24.2 Å². The summed E-state index contributed by atoms with van der Waals surface area (Å²) in [5.74, 6) is -1.30. The largest absolute Gasteiger partial charge is 0.496 e. The van der Waals surface area contributed by atoms with Gasteiger partial charge in [0.05, 0.1) is 19.8 Å². The van der Waals surface area contributed by atoms with Crippen LogP contribution in [0.3, 0.4) is 0 Å². The van der Waals surface area contributed by atoms with Gasteiger partial charge in [0.15, 0.2) is 11.8 Å². The minimum Gasteiger partial charge on any atom is -0.496 e. The smallest absolute Gasteiger partial charge is 0.328 e. The minimum absolute atomic E-state index is 0.109. The van der Waals surface area contributed by atoms with E-state index >= 15 is 0 Å². The van der Waals surface area contributed by atoms with E-state index in [1.807, 2.05) is 6.92 Å². The van der Waals surface area contributed by atoms with E-state index in [9.17, 15) is 9.59 Å². The minimum atomic E-state index is -1.62. The molecule has 0 aromatic heterocycles.